The third kappa shape index (κ3) is 1.88. The highest BCUT2D eigenvalue weighted by Crippen LogP contribution is 2.25. The van der Waals surface area contributed by atoms with E-state index in [1.165, 1.54) is 12.0 Å². The number of anilines is 1. The molecule has 0 amide bonds. The van der Waals surface area contributed by atoms with E-state index in [1.807, 2.05) is 0 Å². The lowest BCUT2D eigenvalue weighted by molar-refractivity contribution is 0.383. The molecule has 0 aliphatic heterocycles. The standard InChI is InChI=1S/C9H11F2NO/c1-12(2)8-4-7(11)9(13-3)5-6(8)10/h4-5H,1-3H3. The molecule has 0 spiro atoms. The Morgan fingerprint density at radius 3 is 2.23 bits per heavy atom. The van der Waals surface area contributed by atoms with E-state index in [1.54, 1.807) is 14.1 Å². The molecule has 0 aromatic heterocycles. The van der Waals surface area contributed by atoms with Gasteiger partial charge in [-0.25, -0.2) is 8.78 Å². The van der Waals surface area contributed by atoms with Gasteiger partial charge in [0.05, 0.1) is 12.8 Å². The first kappa shape index (κ1) is 9.77. The number of ether oxygens (including phenoxy) is 1. The molecule has 0 aliphatic carbocycles. The molecule has 0 N–H and O–H groups in total. The van der Waals surface area contributed by atoms with Crippen molar-refractivity contribution in [2.45, 2.75) is 0 Å². The molecule has 0 saturated heterocycles. The van der Waals surface area contributed by atoms with Gasteiger partial charge in [0.15, 0.2) is 11.6 Å². The fraction of sp³-hybridized carbons (Fsp3) is 0.333. The van der Waals surface area contributed by atoms with Gasteiger partial charge >= 0.3 is 0 Å². The molecule has 0 aliphatic rings. The minimum Gasteiger partial charge on any atom is -0.494 e. The van der Waals surface area contributed by atoms with Gasteiger partial charge in [0.1, 0.15) is 5.82 Å². The number of rotatable bonds is 2. The zero-order valence-electron chi connectivity index (χ0n) is 7.77. The summed E-state index contributed by atoms with van der Waals surface area (Å²) in [4.78, 5) is 1.50. The van der Waals surface area contributed by atoms with Crippen LogP contribution in [0.1, 0.15) is 0 Å². The van der Waals surface area contributed by atoms with Gasteiger partial charge in [-0.15, -0.1) is 0 Å². The van der Waals surface area contributed by atoms with Crippen molar-refractivity contribution in [1.82, 2.24) is 0 Å². The molecule has 0 radical (unpaired) electrons. The van der Waals surface area contributed by atoms with Crippen LogP contribution in [0.4, 0.5) is 14.5 Å². The summed E-state index contributed by atoms with van der Waals surface area (Å²) in [6, 6.07) is 2.14. The summed E-state index contributed by atoms with van der Waals surface area (Å²) < 4.78 is 30.9. The van der Waals surface area contributed by atoms with Gasteiger partial charge < -0.3 is 9.64 Å². The first-order valence-electron chi connectivity index (χ1n) is 3.76. The molecule has 0 fully saturated rings. The van der Waals surface area contributed by atoms with Crippen LogP contribution in [0, 0.1) is 11.6 Å². The molecule has 0 atom stereocenters. The van der Waals surface area contributed by atoms with Crippen molar-refractivity contribution in [3.05, 3.63) is 23.8 Å². The molecule has 1 aromatic carbocycles. The van der Waals surface area contributed by atoms with Gasteiger partial charge in [0.2, 0.25) is 0 Å². The average molecular weight is 187 g/mol. The minimum absolute atomic E-state index is 0.0805. The molecule has 0 saturated carbocycles. The van der Waals surface area contributed by atoms with Crippen LogP contribution in [0.25, 0.3) is 0 Å². The quantitative estimate of drug-likeness (QED) is 0.702. The van der Waals surface area contributed by atoms with Crippen LogP contribution in [0.3, 0.4) is 0 Å². The third-order valence-electron chi connectivity index (χ3n) is 1.70. The molecular formula is C9H11F2NO. The molecule has 72 valence electrons. The number of methoxy groups -OCH3 is 1. The highest BCUT2D eigenvalue weighted by molar-refractivity contribution is 5.50. The number of benzene rings is 1. The van der Waals surface area contributed by atoms with Crippen molar-refractivity contribution in [2.75, 3.05) is 26.1 Å². The van der Waals surface area contributed by atoms with E-state index in [-0.39, 0.29) is 11.4 Å². The molecule has 13 heavy (non-hydrogen) atoms. The van der Waals surface area contributed by atoms with Crippen molar-refractivity contribution < 1.29 is 13.5 Å². The second kappa shape index (κ2) is 3.60. The molecule has 2 nitrogen and oxygen atoms in total. The molecule has 1 aromatic rings. The highest BCUT2D eigenvalue weighted by atomic mass is 19.1. The molecule has 4 heteroatoms. The van der Waals surface area contributed by atoms with Crippen LogP contribution < -0.4 is 9.64 Å². The Balaban J connectivity index is 3.20. The van der Waals surface area contributed by atoms with E-state index >= 15 is 0 Å². The third-order valence-corrected chi connectivity index (χ3v) is 1.70. The Morgan fingerprint density at radius 2 is 1.77 bits per heavy atom. The first-order chi connectivity index (χ1) is 6.06. The van der Waals surface area contributed by atoms with E-state index in [0.29, 0.717) is 0 Å². The second-order valence-electron chi connectivity index (χ2n) is 2.83. The smallest absolute Gasteiger partial charge is 0.167 e. The van der Waals surface area contributed by atoms with Gasteiger partial charge in [-0.05, 0) is 0 Å². The predicted octanol–water partition coefficient (Wildman–Crippen LogP) is 2.04. The van der Waals surface area contributed by atoms with Gasteiger partial charge in [-0.3, -0.25) is 0 Å². The average Bonchev–Trinajstić information content (AvgIpc) is 2.07. The summed E-state index contributed by atoms with van der Waals surface area (Å²) in [5.74, 6) is -1.14. The summed E-state index contributed by atoms with van der Waals surface area (Å²) in [5.41, 5.74) is 0.207. The Labute approximate surface area is 75.7 Å². The van der Waals surface area contributed by atoms with Crippen molar-refractivity contribution in [3.63, 3.8) is 0 Å². The van der Waals surface area contributed by atoms with E-state index in [9.17, 15) is 8.78 Å². The van der Waals surface area contributed by atoms with Crippen LogP contribution in [-0.4, -0.2) is 21.2 Å². The maximum Gasteiger partial charge on any atom is 0.167 e. The van der Waals surface area contributed by atoms with E-state index < -0.39 is 11.6 Å². The Kier molecular flexibility index (Phi) is 2.70. The Morgan fingerprint density at radius 1 is 1.15 bits per heavy atom. The van der Waals surface area contributed by atoms with E-state index in [2.05, 4.69) is 4.74 Å². The summed E-state index contributed by atoms with van der Waals surface area (Å²) >= 11 is 0. The molecule has 0 heterocycles. The highest BCUT2D eigenvalue weighted by Gasteiger charge is 2.10. The number of halogens is 2. The van der Waals surface area contributed by atoms with E-state index in [0.717, 1.165) is 12.1 Å². The zero-order chi connectivity index (χ0) is 10.0. The monoisotopic (exact) mass is 187 g/mol. The minimum atomic E-state index is -0.562. The number of nitrogens with zero attached hydrogens (tertiary/aromatic N) is 1. The summed E-state index contributed by atoms with van der Waals surface area (Å²) in [5, 5.41) is 0. The van der Waals surface area contributed by atoms with Crippen LogP contribution in [0.15, 0.2) is 12.1 Å². The van der Waals surface area contributed by atoms with Gasteiger partial charge in [0.25, 0.3) is 0 Å². The van der Waals surface area contributed by atoms with Crippen molar-refractivity contribution in [1.29, 1.82) is 0 Å². The van der Waals surface area contributed by atoms with Gasteiger partial charge in [-0.2, -0.15) is 0 Å². The Hall–Kier alpha value is -1.32. The number of hydrogen-bond acceptors (Lipinski definition) is 2. The van der Waals surface area contributed by atoms with Crippen molar-refractivity contribution in [3.8, 4) is 5.75 Å². The van der Waals surface area contributed by atoms with Crippen LogP contribution in [0.2, 0.25) is 0 Å². The van der Waals surface area contributed by atoms with Crippen molar-refractivity contribution in [2.24, 2.45) is 0 Å². The largest absolute Gasteiger partial charge is 0.494 e. The topological polar surface area (TPSA) is 12.5 Å². The van der Waals surface area contributed by atoms with Crippen LogP contribution in [0.5, 0.6) is 5.75 Å². The fourth-order valence-corrected chi connectivity index (χ4v) is 1.02. The fourth-order valence-electron chi connectivity index (χ4n) is 1.02. The summed E-state index contributed by atoms with van der Waals surface area (Å²) in [6.07, 6.45) is 0. The maximum absolute atomic E-state index is 13.2. The normalized spacial score (nSPS) is 9.92. The predicted molar refractivity (Wildman–Crippen MR) is 47.2 cm³/mol. The maximum atomic E-state index is 13.2. The number of hydrogen-bond donors (Lipinski definition) is 0. The molecule has 1 rings (SSSR count). The van der Waals surface area contributed by atoms with Crippen LogP contribution in [-0.2, 0) is 0 Å². The summed E-state index contributed by atoms with van der Waals surface area (Å²) in [7, 11) is 4.59. The van der Waals surface area contributed by atoms with Gasteiger partial charge in [-0.1, -0.05) is 0 Å². The lowest BCUT2D eigenvalue weighted by Gasteiger charge is -2.14. The molecule has 0 bridgehead atoms. The lowest BCUT2D eigenvalue weighted by atomic mass is 10.2. The SMILES string of the molecule is COc1cc(F)c(N(C)C)cc1F. The first-order valence-corrected chi connectivity index (χ1v) is 3.76. The second-order valence-corrected chi connectivity index (χ2v) is 2.83. The Bertz CT molecular complexity index is 313. The van der Waals surface area contributed by atoms with Crippen LogP contribution >= 0.6 is 0 Å². The van der Waals surface area contributed by atoms with Gasteiger partial charge in [0, 0.05) is 26.2 Å². The van der Waals surface area contributed by atoms with E-state index in [4.69, 9.17) is 0 Å². The van der Waals surface area contributed by atoms with Crippen molar-refractivity contribution >= 4 is 5.69 Å². The molecule has 0 unspecified atom stereocenters. The summed E-state index contributed by atoms with van der Waals surface area (Å²) in [6.45, 7) is 0. The molecular weight excluding hydrogens is 176 g/mol. The lowest BCUT2D eigenvalue weighted by Crippen LogP contribution is -2.11. The zero-order valence-corrected chi connectivity index (χ0v) is 7.77.